The van der Waals surface area contributed by atoms with Crippen molar-refractivity contribution in [3.63, 3.8) is 0 Å². The third kappa shape index (κ3) is 1.50. The molecule has 0 saturated heterocycles. The molecular formula is C6H8OV. The molecule has 0 N–H and O–H groups in total. The molecule has 0 atom stereocenters. The predicted molar refractivity (Wildman–Crippen MR) is 28.0 cm³/mol. The molecule has 0 aromatic rings. The molecule has 0 spiro atoms. The van der Waals surface area contributed by atoms with Gasteiger partial charge in [-0.15, -0.1) is 0 Å². The molecule has 1 aliphatic rings. The molecule has 0 bridgehead atoms. The van der Waals surface area contributed by atoms with E-state index in [1.165, 1.54) is 0 Å². The van der Waals surface area contributed by atoms with Gasteiger partial charge >= 0.3 is 0 Å². The molecule has 1 radical (unpaired) electrons. The van der Waals surface area contributed by atoms with Crippen LogP contribution in [0.5, 0.6) is 0 Å². The zero-order valence-corrected chi connectivity index (χ0v) is 6.24. The normalized spacial score (nSPS) is 17.6. The third-order valence-corrected chi connectivity index (χ3v) is 1.26. The Hall–Kier alpha value is -0.00558. The van der Waals surface area contributed by atoms with E-state index in [1.807, 2.05) is 13.0 Å². The quantitative estimate of drug-likeness (QED) is 0.504. The SMILES string of the molecule is CC1=CCCC1=O.[V]. The molecule has 0 saturated carbocycles. The zero-order chi connectivity index (χ0) is 5.28. The van der Waals surface area contributed by atoms with Crippen molar-refractivity contribution >= 4 is 5.78 Å². The van der Waals surface area contributed by atoms with Crippen LogP contribution in [0, 0.1) is 0 Å². The van der Waals surface area contributed by atoms with Gasteiger partial charge in [0.2, 0.25) is 0 Å². The van der Waals surface area contributed by atoms with Crippen LogP contribution >= 0.6 is 0 Å². The van der Waals surface area contributed by atoms with Gasteiger partial charge in [0.05, 0.1) is 0 Å². The van der Waals surface area contributed by atoms with Crippen molar-refractivity contribution in [3.05, 3.63) is 11.6 Å². The summed E-state index contributed by atoms with van der Waals surface area (Å²) in [6.45, 7) is 1.87. The van der Waals surface area contributed by atoms with Crippen LogP contribution in [0.15, 0.2) is 11.6 Å². The number of allylic oxidation sites excluding steroid dienone is 2. The van der Waals surface area contributed by atoms with Gasteiger partial charge in [-0.05, 0) is 18.9 Å². The Labute approximate surface area is 61.0 Å². The largest absolute Gasteiger partial charge is 0.295 e. The first-order chi connectivity index (χ1) is 3.30. The minimum Gasteiger partial charge on any atom is -0.295 e. The van der Waals surface area contributed by atoms with E-state index in [2.05, 4.69) is 0 Å². The van der Waals surface area contributed by atoms with Crippen molar-refractivity contribution in [1.29, 1.82) is 0 Å². The Kier molecular flexibility index (Phi) is 3.10. The Morgan fingerprint density at radius 1 is 1.62 bits per heavy atom. The van der Waals surface area contributed by atoms with Crippen molar-refractivity contribution in [3.8, 4) is 0 Å². The predicted octanol–water partition coefficient (Wildman–Crippen LogP) is 1.29. The van der Waals surface area contributed by atoms with E-state index in [4.69, 9.17) is 0 Å². The Balaban J connectivity index is 0.000000490. The van der Waals surface area contributed by atoms with Crippen LogP contribution < -0.4 is 0 Å². The molecule has 43 valence electrons. The fraction of sp³-hybridized carbons (Fsp3) is 0.500. The summed E-state index contributed by atoms with van der Waals surface area (Å²) in [5.74, 6) is 0.319. The second kappa shape index (κ2) is 3.11. The molecule has 1 aliphatic carbocycles. The fourth-order valence-electron chi connectivity index (χ4n) is 0.731. The second-order valence-corrected chi connectivity index (χ2v) is 1.85. The van der Waals surface area contributed by atoms with Crippen LogP contribution in [0.1, 0.15) is 19.8 Å². The Bertz CT molecular complexity index is 126. The molecule has 0 fully saturated rings. The Morgan fingerprint density at radius 3 is 2.38 bits per heavy atom. The first kappa shape index (κ1) is 7.99. The number of carbonyl (C=O) groups excluding carboxylic acids is 1. The van der Waals surface area contributed by atoms with E-state index >= 15 is 0 Å². The molecule has 1 rings (SSSR count). The van der Waals surface area contributed by atoms with Crippen molar-refractivity contribution in [2.24, 2.45) is 0 Å². The topological polar surface area (TPSA) is 17.1 Å². The molecular weight excluding hydrogens is 139 g/mol. The summed E-state index contributed by atoms with van der Waals surface area (Å²) in [4.78, 5) is 10.5. The fourth-order valence-corrected chi connectivity index (χ4v) is 0.731. The van der Waals surface area contributed by atoms with Crippen molar-refractivity contribution < 1.29 is 23.4 Å². The number of hydrogen-bond donors (Lipinski definition) is 0. The van der Waals surface area contributed by atoms with Gasteiger partial charge in [-0.25, -0.2) is 0 Å². The van der Waals surface area contributed by atoms with Crippen LogP contribution in [0.3, 0.4) is 0 Å². The van der Waals surface area contributed by atoms with E-state index in [-0.39, 0.29) is 18.6 Å². The maximum Gasteiger partial charge on any atom is 0.158 e. The molecule has 0 aromatic heterocycles. The molecule has 0 amide bonds. The third-order valence-electron chi connectivity index (χ3n) is 1.26. The van der Waals surface area contributed by atoms with Crippen LogP contribution in [0.25, 0.3) is 0 Å². The van der Waals surface area contributed by atoms with Crippen LogP contribution in [0.2, 0.25) is 0 Å². The number of hydrogen-bond acceptors (Lipinski definition) is 1. The van der Waals surface area contributed by atoms with Crippen LogP contribution in [-0.4, -0.2) is 5.78 Å². The number of Topliss-reactive ketones (excluding diaryl/α,β-unsaturated/α-hetero) is 1. The molecule has 2 heteroatoms. The van der Waals surface area contributed by atoms with Crippen molar-refractivity contribution in [2.45, 2.75) is 19.8 Å². The second-order valence-electron chi connectivity index (χ2n) is 1.85. The smallest absolute Gasteiger partial charge is 0.158 e. The maximum absolute atomic E-state index is 10.5. The van der Waals surface area contributed by atoms with Gasteiger partial charge in [0.25, 0.3) is 0 Å². The standard InChI is InChI=1S/C6H8O.V/c1-5-3-2-4-6(5)7;/h3H,2,4H2,1H3;. The number of ketones is 1. The summed E-state index contributed by atoms with van der Waals surface area (Å²) in [7, 11) is 0. The van der Waals surface area contributed by atoms with E-state index in [1.54, 1.807) is 0 Å². The van der Waals surface area contributed by atoms with Gasteiger partial charge in [-0.3, -0.25) is 4.79 Å². The van der Waals surface area contributed by atoms with Gasteiger partial charge in [-0.2, -0.15) is 0 Å². The van der Waals surface area contributed by atoms with E-state index in [0.717, 1.165) is 18.4 Å². The number of rotatable bonds is 0. The van der Waals surface area contributed by atoms with Gasteiger partial charge in [0, 0.05) is 25.0 Å². The Morgan fingerprint density at radius 2 is 2.25 bits per heavy atom. The van der Waals surface area contributed by atoms with Gasteiger partial charge < -0.3 is 0 Å². The summed E-state index contributed by atoms with van der Waals surface area (Å²) in [5, 5.41) is 0. The monoisotopic (exact) mass is 147 g/mol. The summed E-state index contributed by atoms with van der Waals surface area (Å²) in [6.07, 6.45) is 3.69. The molecule has 8 heavy (non-hydrogen) atoms. The van der Waals surface area contributed by atoms with Gasteiger partial charge in [0.1, 0.15) is 0 Å². The number of carbonyl (C=O) groups is 1. The molecule has 0 heterocycles. The van der Waals surface area contributed by atoms with E-state index in [0.29, 0.717) is 5.78 Å². The maximum atomic E-state index is 10.5. The summed E-state index contributed by atoms with van der Waals surface area (Å²) < 4.78 is 0. The van der Waals surface area contributed by atoms with Gasteiger partial charge in [0.15, 0.2) is 5.78 Å². The summed E-state index contributed by atoms with van der Waals surface area (Å²) in [6, 6.07) is 0. The molecule has 0 aromatic carbocycles. The molecule has 0 aliphatic heterocycles. The first-order valence-electron chi connectivity index (χ1n) is 2.50. The average molecular weight is 147 g/mol. The zero-order valence-electron chi connectivity index (χ0n) is 4.85. The van der Waals surface area contributed by atoms with Crippen LogP contribution in [0.4, 0.5) is 0 Å². The molecule has 0 unspecified atom stereocenters. The van der Waals surface area contributed by atoms with E-state index in [9.17, 15) is 4.79 Å². The minimum absolute atomic E-state index is 0. The summed E-state index contributed by atoms with van der Waals surface area (Å²) >= 11 is 0. The van der Waals surface area contributed by atoms with Gasteiger partial charge in [-0.1, -0.05) is 6.08 Å². The van der Waals surface area contributed by atoms with E-state index < -0.39 is 0 Å². The van der Waals surface area contributed by atoms with Crippen LogP contribution in [-0.2, 0) is 23.4 Å². The van der Waals surface area contributed by atoms with Crippen molar-refractivity contribution in [1.82, 2.24) is 0 Å². The van der Waals surface area contributed by atoms with Crippen molar-refractivity contribution in [2.75, 3.05) is 0 Å². The summed E-state index contributed by atoms with van der Waals surface area (Å²) in [5.41, 5.74) is 0.944. The minimum atomic E-state index is 0. The molecule has 1 nitrogen and oxygen atoms in total. The average Bonchev–Trinajstić information content (AvgIpc) is 1.91. The first-order valence-corrected chi connectivity index (χ1v) is 2.50.